The number of benzene rings is 1. The lowest BCUT2D eigenvalue weighted by atomic mass is 10.2. The van der Waals surface area contributed by atoms with Gasteiger partial charge in [0.05, 0.1) is 6.54 Å². The molecule has 106 valence electrons. The van der Waals surface area contributed by atoms with Crippen LogP contribution in [0.2, 0.25) is 0 Å². The number of para-hydroxylation sites is 1. The minimum atomic E-state index is -0.850. The maximum atomic E-state index is 11.1. The number of carboxylic acid groups (broad SMARTS) is 1. The fourth-order valence-electron chi connectivity index (χ4n) is 2.15. The Labute approximate surface area is 118 Å². The van der Waals surface area contributed by atoms with Crippen LogP contribution >= 0.6 is 0 Å². The molecule has 0 bridgehead atoms. The molecule has 0 spiro atoms. The van der Waals surface area contributed by atoms with E-state index in [1.165, 1.54) is 0 Å². The first-order chi connectivity index (χ1) is 9.58. The average molecular weight is 273 g/mol. The van der Waals surface area contributed by atoms with Gasteiger partial charge in [-0.1, -0.05) is 18.2 Å². The van der Waals surface area contributed by atoms with Crippen LogP contribution in [-0.4, -0.2) is 27.2 Å². The van der Waals surface area contributed by atoms with E-state index >= 15 is 0 Å². The van der Waals surface area contributed by atoms with E-state index in [1.54, 1.807) is 6.20 Å². The Morgan fingerprint density at radius 1 is 1.35 bits per heavy atom. The fourth-order valence-corrected chi connectivity index (χ4v) is 2.15. The van der Waals surface area contributed by atoms with Gasteiger partial charge in [0, 0.05) is 24.1 Å². The lowest BCUT2D eigenvalue weighted by molar-refractivity contribution is -0.135. The molecule has 1 aromatic carbocycles. The van der Waals surface area contributed by atoms with Gasteiger partial charge in [-0.15, -0.1) is 0 Å². The summed E-state index contributed by atoms with van der Waals surface area (Å²) in [5.74, 6) is 0.0154. The minimum absolute atomic E-state index is 0.0467. The Morgan fingerprint density at radius 2 is 2.05 bits per heavy atom. The van der Waals surface area contributed by atoms with Crippen LogP contribution in [-0.2, 0) is 11.3 Å². The van der Waals surface area contributed by atoms with Crippen LogP contribution in [0.1, 0.15) is 25.7 Å². The molecule has 0 fully saturated rings. The number of aromatic nitrogens is 2. The molecule has 0 saturated carbocycles. The lowest BCUT2D eigenvalue weighted by Gasteiger charge is -2.23. The van der Waals surface area contributed by atoms with E-state index in [9.17, 15) is 4.79 Å². The SMILES string of the molecule is CC(C)n1ccnc1CN(CC(=O)O)c1ccccc1. The van der Waals surface area contributed by atoms with E-state index in [4.69, 9.17) is 5.11 Å². The fraction of sp³-hybridized carbons (Fsp3) is 0.333. The molecule has 1 N–H and O–H groups in total. The van der Waals surface area contributed by atoms with Gasteiger partial charge >= 0.3 is 5.97 Å². The minimum Gasteiger partial charge on any atom is -0.480 e. The highest BCUT2D eigenvalue weighted by molar-refractivity contribution is 5.73. The Morgan fingerprint density at radius 3 is 2.65 bits per heavy atom. The van der Waals surface area contributed by atoms with Gasteiger partial charge in [-0.2, -0.15) is 0 Å². The monoisotopic (exact) mass is 273 g/mol. The maximum absolute atomic E-state index is 11.1. The molecule has 2 aromatic rings. The molecule has 0 atom stereocenters. The predicted octanol–water partition coefficient (Wildman–Crippen LogP) is 2.56. The van der Waals surface area contributed by atoms with Crippen LogP contribution in [0.25, 0.3) is 0 Å². The summed E-state index contributed by atoms with van der Waals surface area (Å²) < 4.78 is 2.05. The number of carboxylic acids is 1. The zero-order valence-corrected chi connectivity index (χ0v) is 11.7. The molecule has 2 rings (SSSR count). The summed E-state index contributed by atoms with van der Waals surface area (Å²) in [6.45, 7) is 4.58. The van der Waals surface area contributed by atoms with E-state index < -0.39 is 5.97 Å². The summed E-state index contributed by atoms with van der Waals surface area (Å²) in [7, 11) is 0. The van der Waals surface area contributed by atoms with Gasteiger partial charge in [-0.05, 0) is 26.0 Å². The first-order valence-corrected chi connectivity index (χ1v) is 6.61. The zero-order valence-electron chi connectivity index (χ0n) is 11.7. The van der Waals surface area contributed by atoms with E-state index in [0.29, 0.717) is 12.6 Å². The Kier molecular flexibility index (Phi) is 4.40. The smallest absolute Gasteiger partial charge is 0.323 e. The van der Waals surface area contributed by atoms with Gasteiger partial charge in [0.1, 0.15) is 12.4 Å². The topological polar surface area (TPSA) is 58.4 Å². The van der Waals surface area contributed by atoms with Gasteiger partial charge < -0.3 is 14.6 Å². The molecule has 5 heteroatoms. The van der Waals surface area contributed by atoms with Crippen molar-refractivity contribution in [3.63, 3.8) is 0 Å². The molecule has 1 heterocycles. The molecule has 0 aliphatic heterocycles. The Hall–Kier alpha value is -2.30. The van der Waals surface area contributed by atoms with Gasteiger partial charge in [0.15, 0.2) is 0 Å². The van der Waals surface area contributed by atoms with E-state index in [0.717, 1.165) is 11.5 Å². The van der Waals surface area contributed by atoms with Crippen LogP contribution < -0.4 is 4.90 Å². The number of carbonyl (C=O) groups is 1. The summed E-state index contributed by atoms with van der Waals surface area (Å²) >= 11 is 0. The molecule has 20 heavy (non-hydrogen) atoms. The highest BCUT2D eigenvalue weighted by Crippen LogP contribution is 2.17. The average Bonchev–Trinajstić information content (AvgIpc) is 2.87. The molecular formula is C15H19N3O2. The summed E-state index contributed by atoms with van der Waals surface area (Å²) in [4.78, 5) is 17.2. The third kappa shape index (κ3) is 3.38. The second-order valence-electron chi connectivity index (χ2n) is 4.93. The number of nitrogens with zero attached hydrogens (tertiary/aromatic N) is 3. The molecule has 0 aliphatic carbocycles. The molecule has 1 aromatic heterocycles. The van der Waals surface area contributed by atoms with Crippen LogP contribution in [0.15, 0.2) is 42.7 Å². The lowest BCUT2D eigenvalue weighted by Crippen LogP contribution is -2.30. The molecule has 0 radical (unpaired) electrons. The van der Waals surface area contributed by atoms with Gasteiger partial charge in [-0.25, -0.2) is 4.98 Å². The third-order valence-corrected chi connectivity index (χ3v) is 3.08. The number of anilines is 1. The van der Waals surface area contributed by atoms with E-state index in [-0.39, 0.29) is 6.54 Å². The normalized spacial score (nSPS) is 10.8. The number of aliphatic carboxylic acids is 1. The van der Waals surface area contributed by atoms with Crippen molar-refractivity contribution in [3.8, 4) is 0 Å². The second kappa shape index (κ2) is 6.23. The van der Waals surface area contributed by atoms with Crippen LogP contribution in [0, 0.1) is 0 Å². The number of rotatable bonds is 6. The van der Waals surface area contributed by atoms with E-state index in [1.807, 2.05) is 41.4 Å². The van der Waals surface area contributed by atoms with Crippen molar-refractivity contribution >= 4 is 11.7 Å². The summed E-state index contributed by atoms with van der Waals surface area (Å²) in [5.41, 5.74) is 0.883. The maximum Gasteiger partial charge on any atom is 0.323 e. The number of hydrogen-bond acceptors (Lipinski definition) is 3. The standard InChI is InChI=1S/C15H19N3O2/c1-12(2)18-9-8-16-14(18)10-17(11-15(19)20)13-6-4-3-5-7-13/h3-9,12H,10-11H2,1-2H3,(H,19,20). The molecule has 0 saturated heterocycles. The number of hydrogen-bond donors (Lipinski definition) is 1. The quantitative estimate of drug-likeness (QED) is 0.878. The van der Waals surface area contributed by atoms with Crippen molar-refractivity contribution in [1.82, 2.24) is 9.55 Å². The van der Waals surface area contributed by atoms with Crippen molar-refractivity contribution in [3.05, 3.63) is 48.5 Å². The first-order valence-electron chi connectivity index (χ1n) is 6.61. The van der Waals surface area contributed by atoms with Crippen molar-refractivity contribution in [2.75, 3.05) is 11.4 Å². The second-order valence-corrected chi connectivity index (χ2v) is 4.93. The molecule has 0 amide bonds. The summed E-state index contributed by atoms with van der Waals surface area (Å²) in [5, 5.41) is 9.08. The van der Waals surface area contributed by atoms with E-state index in [2.05, 4.69) is 23.4 Å². The van der Waals surface area contributed by atoms with Crippen molar-refractivity contribution < 1.29 is 9.90 Å². The summed E-state index contributed by atoms with van der Waals surface area (Å²) in [6.07, 6.45) is 3.67. The largest absolute Gasteiger partial charge is 0.480 e. The van der Waals surface area contributed by atoms with Crippen molar-refractivity contribution in [2.24, 2.45) is 0 Å². The highest BCUT2D eigenvalue weighted by atomic mass is 16.4. The summed E-state index contributed by atoms with van der Waals surface area (Å²) in [6, 6.07) is 9.84. The van der Waals surface area contributed by atoms with Gasteiger partial charge in [0.25, 0.3) is 0 Å². The predicted molar refractivity (Wildman–Crippen MR) is 77.7 cm³/mol. The van der Waals surface area contributed by atoms with Gasteiger partial charge in [-0.3, -0.25) is 4.79 Å². The Balaban J connectivity index is 2.24. The first kappa shape index (κ1) is 14.1. The highest BCUT2D eigenvalue weighted by Gasteiger charge is 2.15. The van der Waals surface area contributed by atoms with Crippen LogP contribution in [0.4, 0.5) is 5.69 Å². The van der Waals surface area contributed by atoms with Crippen LogP contribution in [0.3, 0.4) is 0 Å². The van der Waals surface area contributed by atoms with Crippen LogP contribution in [0.5, 0.6) is 0 Å². The molecule has 0 aliphatic rings. The molecule has 0 unspecified atom stereocenters. The Bertz CT molecular complexity index is 564. The molecule has 5 nitrogen and oxygen atoms in total. The third-order valence-electron chi connectivity index (χ3n) is 3.08. The van der Waals surface area contributed by atoms with Crippen molar-refractivity contribution in [2.45, 2.75) is 26.4 Å². The van der Waals surface area contributed by atoms with Crippen molar-refractivity contribution in [1.29, 1.82) is 0 Å². The molecular weight excluding hydrogens is 254 g/mol. The van der Waals surface area contributed by atoms with Gasteiger partial charge in [0.2, 0.25) is 0 Å². The zero-order chi connectivity index (χ0) is 14.5. The number of imidazole rings is 1.